The molecule has 0 aliphatic heterocycles. The van der Waals surface area contributed by atoms with Crippen LogP contribution < -0.4 is 0 Å². The van der Waals surface area contributed by atoms with Crippen molar-refractivity contribution in [2.75, 3.05) is 5.88 Å². The van der Waals surface area contributed by atoms with Gasteiger partial charge >= 0.3 is 0 Å². The third-order valence-corrected chi connectivity index (χ3v) is 1.79. The van der Waals surface area contributed by atoms with Gasteiger partial charge in [-0.05, 0) is 12.8 Å². The van der Waals surface area contributed by atoms with E-state index in [9.17, 15) is 0 Å². The molecule has 3 heteroatoms. The SMILES string of the molecule is CCc1cc(CCCCl)on1. The maximum atomic E-state index is 5.53. The molecule has 0 bridgehead atoms. The molecule has 0 atom stereocenters. The zero-order chi connectivity index (χ0) is 8.10. The Morgan fingerprint density at radius 2 is 2.45 bits per heavy atom. The summed E-state index contributed by atoms with van der Waals surface area (Å²) in [6.45, 7) is 2.06. The first-order chi connectivity index (χ1) is 5.36. The molecule has 1 heterocycles. The van der Waals surface area contributed by atoms with E-state index in [-0.39, 0.29) is 0 Å². The Balaban J connectivity index is 2.44. The van der Waals surface area contributed by atoms with Crippen LogP contribution in [0.5, 0.6) is 0 Å². The third kappa shape index (κ3) is 2.54. The van der Waals surface area contributed by atoms with E-state index in [1.807, 2.05) is 6.07 Å². The van der Waals surface area contributed by atoms with Gasteiger partial charge in [-0.15, -0.1) is 11.6 Å². The van der Waals surface area contributed by atoms with E-state index in [1.54, 1.807) is 0 Å². The zero-order valence-electron chi connectivity index (χ0n) is 6.64. The molecule has 0 N–H and O–H groups in total. The second kappa shape index (κ2) is 4.39. The summed E-state index contributed by atoms with van der Waals surface area (Å²) in [6, 6.07) is 1.99. The summed E-state index contributed by atoms with van der Waals surface area (Å²) in [5.41, 5.74) is 1.02. The normalized spacial score (nSPS) is 10.4. The summed E-state index contributed by atoms with van der Waals surface area (Å²) in [5.74, 6) is 1.63. The Hall–Kier alpha value is -0.500. The molecule has 0 fully saturated rings. The van der Waals surface area contributed by atoms with Gasteiger partial charge in [0.1, 0.15) is 5.76 Å². The van der Waals surface area contributed by atoms with Crippen molar-refractivity contribution < 1.29 is 4.52 Å². The molecular weight excluding hydrogens is 162 g/mol. The van der Waals surface area contributed by atoms with E-state index in [2.05, 4.69) is 12.1 Å². The van der Waals surface area contributed by atoms with Gasteiger partial charge in [0.15, 0.2) is 0 Å². The van der Waals surface area contributed by atoms with Gasteiger partial charge in [0.2, 0.25) is 0 Å². The second-order valence-corrected chi connectivity index (χ2v) is 2.81. The predicted molar refractivity (Wildman–Crippen MR) is 44.9 cm³/mol. The van der Waals surface area contributed by atoms with Gasteiger partial charge in [-0.25, -0.2) is 0 Å². The first kappa shape index (κ1) is 8.60. The van der Waals surface area contributed by atoms with Crippen LogP contribution in [0.2, 0.25) is 0 Å². The maximum Gasteiger partial charge on any atom is 0.137 e. The molecule has 0 saturated carbocycles. The second-order valence-electron chi connectivity index (χ2n) is 2.43. The van der Waals surface area contributed by atoms with Gasteiger partial charge in [-0.3, -0.25) is 0 Å². The lowest BCUT2D eigenvalue weighted by Gasteiger charge is -1.87. The number of halogens is 1. The fraction of sp³-hybridized carbons (Fsp3) is 0.625. The number of nitrogens with zero attached hydrogens (tertiary/aromatic N) is 1. The Labute approximate surface area is 71.5 Å². The first-order valence-corrected chi connectivity index (χ1v) is 4.40. The minimum absolute atomic E-state index is 0.683. The van der Waals surface area contributed by atoms with Crippen LogP contribution in [-0.4, -0.2) is 11.0 Å². The van der Waals surface area contributed by atoms with Crippen LogP contribution in [0, 0.1) is 0 Å². The lowest BCUT2D eigenvalue weighted by atomic mass is 10.2. The summed E-state index contributed by atoms with van der Waals surface area (Å²) in [7, 11) is 0. The first-order valence-electron chi connectivity index (χ1n) is 3.87. The van der Waals surface area contributed by atoms with Crippen molar-refractivity contribution in [3.05, 3.63) is 17.5 Å². The lowest BCUT2D eigenvalue weighted by molar-refractivity contribution is 0.377. The monoisotopic (exact) mass is 173 g/mol. The van der Waals surface area contributed by atoms with Gasteiger partial charge < -0.3 is 4.52 Å². The topological polar surface area (TPSA) is 26.0 Å². The van der Waals surface area contributed by atoms with Gasteiger partial charge in [0.25, 0.3) is 0 Å². The Bertz CT molecular complexity index is 210. The lowest BCUT2D eigenvalue weighted by Crippen LogP contribution is -1.81. The van der Waals surface area contributed by atoms with Crippen LogP contribution in [0.4, 0.5) is 0 Å². The molecule has 2 nitrogen and oxygen atoms in total. The van der Waals surface area contributed by atoms with Crippen LogP contribution in [0.3, 0.4) is 0 Å². The molecule has 0 aliphatic rings. The molecule has 11 heavy (non-hydrogen) atoms. The fourth-order valence-electron chi connectivity index (χ4n) is 0.881. The standard InChI is InChI=1S/C8H12ClNO/c1-2-7-6-8(11-10-7)4-3-5-9/h6H,2-5H2,1H3. The molecule has 1 aromatic heterocycles. The summed E-state index contributed by atoms with van der Waals surface area (Å²) < 4.78 is 5.05. The number of aryl methyl sites for hydroxylation is 2. The van der Waals surface area contributed by atoms with Gasteiger partial charge in [-0.2, -0.15) is 0 Å². The number of alkyl halides is 1. The van der Waals surface area contributed by atoms with Gasteiger partial charge in [0, 0.05) is 18.4 Å². The smallest absolute Gasteiger partial charge is 0.137 e. The van der Waals surface area contributed by atoms with Crippen LogP contribution in [0.15, 0.2) is 10.6 Å². The minimum atomic E-state index is 0.683. The number of aromatic nitrogens is 1. The van der Waals surface area contributed by atoms with Crippen LogP contribution in [0.1, 0.15) is 24.8 Å². The van der Waals surface area contributed by atoms with Crippen LogP contribution in [-0.2, 0) is 12.8 Å². The molecule has 0 aromatic carbocycles. The summed E-state index contributed by atoms with van der Waals surface area (Å²) >= 11 is 5.53. The largest absolute Gasteiger partial charge is 0.361 e. The van der Waals surface area contributed by atoms with Gasteiger partial charge in [0.05, 0.1) is 5.69 Å². The third-order valence-electron chi connectivity index (χ3n) is 1.53. The minimum Gasteiger partial charge on any atom is -0.361 e. The van der Waals surface area contributed by atoms with E-state index >= 15 is 0 Å². The van der Waals surface area contributed by atoms with E-state index in [1.165, 1.54) is 0 Å². The highest BCUT2D eigenvalue weighted by atomic mass is 35.5. The van der Waals surface area contributed by atoms with Crippen molar-refractivity contribution in [2.45, 2.75) is 26.2 Å². The van der Waals surface area contributed by atoms with Crippen molar-refractivity contribution >= 4 is 11.6 Å². The number of hydrogen-bond donors (Lipinski definition) is 0. The van der Waals surface area contributed by atoms with Crippen LogP contribution >= 0.6 is 11.6 Å². The van der Waals surface area contributed by atoms with Crippen molar-refractivity contribution in [1.82, 2.24) is 5.16 Å². The highest BCUT2D eigenvalue weighted by Gasteiger charge is 2.00. The summed E-state index contributed by atoms with van der Waals surface area (Å²) in [6.07, 6.45) is 2.79. The van der Waals surface area contributed by atoms with E-state index in [0.29, 0.717) is 5.88 Å². The molecular formula is C8H12ClNO. The molecule has 1 rings (SSSR count). The average molecular weight is 174 g/mol. The molecule has 0 aliphatic carbocycles. The molecule has 1 aromatic rings. The molecule has 0 amide bonds. The molecule has 62 valence electrons. The Morgan fingerprint density at radius 1 is 1.64 bits per heavy atom. The molecule has 0 saturated heterocycles. The van der Waals surface area contributed by atoms with Crippen LogP contribution in [0.25, 0.3) is 0 Å². The molecule has 0 radical (unpaired) electrons. The molecule has 0 spiro atoms. The molecule has 0 unspecified atom stereocenters. The Morgan fingerprint density at radius 3 is 3.00 bits per heavy atom. The Kier molecular flexibility index (Phi) is 3.43. The number of rotatable bonds is 4. The van der Waals surface area contributed by atoms with Crippen molar-refractivity contribution in [1.29, 1.82) is 0 Å². The van der Waals surface area contributed by atoms with E-state index < -0.39 is 0 Å². The zero-order valence-corrected chi connectivity index (χ0v) is 7.40. The maximum absolute atomic E-state index is 5.53. The highest BCUT2D eigenvalue weighted by Crippen LogP contribution is 2.06. The van der Waals surface area contributed by atoms with Gasteiger partial charge in [-0.1, -0.05) is 12.1 Å². The summed E-state index contributed by atoms with van der Waals surface area (Å²) in [5, 5.41) is 3.87. The quantitative estimate of drug-likeness (QED) is 0.654. The van der Waals surface area contributed by atoms with Crippen molar-refractivity contribution in [3.63, 3.8) is 0 Å². The highest BCUT2D eigenvalue weighted by molar-refractivity contribution is 6.17. The predicted octanol–water partition coefficient (Wildman–Crippen LogP) is 2.41. The fourth-order valence-corrected chi connectivity index (χ4v) is 1.01. The van der Waals surface area contributed by atoms with E-state index in [0.717, 1.165) is 30.7 Å². The average Bonchev–Trinajstić information content (AvgIpc) is 2.48. The van der Waals surface area contributed by atoms with Crippen molar-refractivity contribution in [2.24, 2.45) is 0 Å². The van der Waals surface area contributed by atoms with Crippen molar-refractivity contribution in [3.8, 4) is 0 Å². The van der Waals surface area contributed by atoms with E-state index in [4.69, 9.17) is 16.1 Å². The number of hydrogen-bond acceptors (Lipinski definition) is 2. The summed E-state index contributed by atoms with van der Waals surface area (Å²) in [4.78, 5) is 0.